The number of rotatable bonds is 7. The normalized spacial score (nSPS) is 18.4. The highest BCUT2D eigenvalue weighted by Crippen LogP contribution is 2.35. The average molecular weight is 334 g/mol. The molecule has 2 rings (SSSR count). The van der Waals surface area contributed by atoms with E-state index in [1.807, 2.05) is 6.92 Å². The van der Waals surface area contributed by atoms with Gasteiger partial charge < -0.3 is 19.7 Å². The summed E-state index contributed by atoms with van der Waals surface area (Å²) >= 11 is 0. The minimum absolute atomic E-state index is 0.0562. The minimum Gasteiger partial charge on any atom is -0.497 e. The highest BCUT2D eigenvalue weighted by Gasteiger charge is 2.36. The molecule has 0 aromatic heterocycles. The molecule has 132 valence electrons. The SMILES string of the molecule is CCC[C@H](C)NC(=O)[C@H]1CC(=O)N(c2ccc(OC)cc2OC)C1. The van der Waals surface area contributed by atoms with E-state index in [1.54, 1.807) is 37.3 Å². The van der Waals surface area contributed by atoms with Gasteiger partial charge >= 0.3 is 0 Å². The molecular weight excluding hydrogens is 308 g/mol. The minimum atomic E-state index is -0.330. The number of hydrogen-bond acceptors (Lipinski definition) is 4. The standard InChI is InChI=1S/C18H26N2O4/c1-5-6-12(2)19-18(22)13-9-17(21)20(11-13)15-8-7-14(23-3)10-16(15)24-4/h7-8,10,12-13H,5-6,9,11H2,1-4H3,(H,19,22)/t12-,13-/m0/s1. The van der Waals surface area contributed by atoms with E-state index in [9.17, 15) is 9.59 Å². The second kappa shape index (κ2) is 8.04. The van der Waals surface area contributed by atoms with E-state index in [0.717, 1.165) is 12.8 Å². The number of carbonyl (C=O) groups is 2. The summed E-state index contributed by atoms with van der Waals surface area (Å²) in [5.74, 6) is 0.762. The van der Waals surface area contributed by atoms with Gasteiger partial charge in [-0.15, -0.1) is 0 Å². The van der Waals surface area contributed by atoms with Gasteiger partial charge in [0.15, 0.2) is 0 Å². The van der Waals surface area contributed by atoms with Crippen molar-refractivity contribution < 1.29 is 19.1 Å². The van der Waals surface area contributed by atoms with Gasteiger partial charge in [-0.25, -0.2) is 0 Å². The number of methoxy groups -OCH3 is 2. The summed E-state index contributed by atoms with van der Waals surface area (Å²) in [7, 11) is 3.13. The van der Waals surface area contributed by atoms with Crippen LogP contribution >= 0.6 is 0 Å². The Hall–Kier alpha value is -2.24. The van der Waals surface area contributed by atoms with Crippen LogP contribution in [0.3, 0.4) is 0 Å². The van der Waals surface area contributed by atoms with Crippen LogP contribution in [0, 0.1) is 5.92 Å². The fraction of sp³-hybridized carbons (Fsp3) is 0.556. The van der Waals surface area contributed by atoms with Gasteiger partial charge in [0.2, 0.25) is 11.8 Å². The molecule has 2 amide bonds. The lowest BCUT2D eigenvalue weighted by Crippen LogP contribution is -2.38. The number of benzene rings is 1. The zero-order chi connectivity index (χ0) is 17.7. The Labute approximate surface area is 143 Å². The third-order valence-electron chi connectivity index (χ3n) is 4.28. The summed E-state index contributed by atoms with van der Waals surface area (Å²) in [4.78, 5) is 26.4. The molecule has 1 fully saturated rings. The van der Waals surface area contributed by atoms with E-state index in [2.05, 4.69) is 12.2 Å². The summed E-state index contributed by atoms with van der Waals surface area (Å²) in [6.45, 7) is 4.44. The van der Waals surface area contributed by atoms with E-state index in [0.29, 0.717) is 23.7 Å². The van der Waals surface area contributed by atoms with Crippen LogP contribution < -0.4 is 19.7 Å². The second-order valence-corrected chi connectivity index (χ2v) is 6.14. The summed E-state index contributed by atoms with van der Waals surface area (Å²) in [6, 6.07) is 5.43. The van der Waals surface area contributed by atoms with Crippen molar-refractivity contribution >= 4 is 17.5 Å². The molecule has 0 unspecified atom stereocenters. The van der Waals surface area contributed by atoms with Crippen molar-refractivity contribution in [1.82, 2.24) is 5.32 Å². The van der Waals surface area contributed by atoms with Gasteiger partial charge in [0.1, 0.15) is 11.5 Å². The van der Waals surface area contributed by atoms with E-state index < -0.39 is 0 Å². The van der Waals surface area contributed by atoms with Crippen molar-refractivity contribution in [2.24, 2.45) is 5.92 Å². The topological polar surface area (TPSA) is 67.9 Å². The first-order valence-electron chi connectivity index (χ1n) is 8.32. The van der Waals surface area contributed by atoms with Crippen LogP contribution in [-0.2, 0) is 9.59 Å². The van der Waals surface area contributed by atoms with Crippen molar-refractivity contribution in [3.8, 4) is 11.5 Å². The molecule has 0 bridgehead atoms. The molecule has 0 saturated carbocycles. The maximum absolute atomic E-state index is 12.4. The third kappa shape index (κ3) is 3.99. The average Bonchev–Trinajstić information content (AvgIpc) is 2.96. The van der Waals surface area contributed by atoms with E-state index in [4.69, 9.17) is 9.47 Å². The molecule has 1 aliphatic rings. The van der Waals surface area contributed by atoms with Crippen LogP contribution in [0.2, 0.25) is 0 Å². The summed E-state index contributed by atoms with van der Waals surface area (Å²) in [5.41, 5.74) is 0.667. The molecule has 1 saturated heterocycles. The van der Waals surface area contributed by atoms with Gasteiger partial charge in [-0.2, -0.15) is 0 Å². The Morgan fingerprint density at radius 3 is 2.75 bits per heavy atom. The van der Waals surface area contributed by atoms with Crippen LogP contribution in [0.1, 0.15) is 33.1 Å². The number of ether oxygens (including phenoxy) is 2. The summed E-state index contributed by atoms with van der Waals surface area (Å²) in [6.07, 6.45) is 2.17. The third-order valence-corrected chi connectivity index (χ3v) is 4.28. The maximum atomic E-state index is 12.4. The van der Waals surface area contributed by atoms with Gasteiger partial charge in [0.25, 0.3) is 0 Å². The van der Waals surface area contributed by atoms with Gasteiger partial charge in [-0.05, 0) is 25.5 Å². The maximum Gasteiger partial charge on any atom is 0.227 e. The van der Waals surface area contributed by atoms with E-state index >= 15 is 0 Å². The van der Waals surface area contributed by atoms with E-state index in [1.165, 1.54) is 0 Å². The first-order valence-corrected chi connectivity index (χ1v) is 8.32. The molecule has 1 N–H and O–H groups in total. The lowest BCUT2D eigenvalue weighted by molar-refractivity contribution is -0.126. The fourth-order valence-corrected chi connectivity index (χ4v) is 2.99. The highest BCUT2D eigenvalue weighted by atomic mass is 16.5. The Morgan fingerprint density at radius 2 is 2.12 bits per heavy atom. The predicted octanol–water partition coefficient (Wildman–Crippen LogP) is 2.36. The lowest BCUT2D eigenvalue weighted by Gasteiger charge is -2.20. The number of carbonyl (C=O) groups excluding carboxylic acids is 2. The Bertz CT molecular complexity index is 603. The first-order chi connectivity index (χ1) is 11.5. The Balaban J connectivity index is 2.11. The summed E-state index contributed by atoms with van der Waals surface area (Å²) in [5, 5.41) is 2.99. The fourth-order valence-electron chi connectivity index (χ4n) is 2.99. The van der Waals surface area contributed by atoms with Crippen LogP contribution in [0.25, 0.3) is 0 Å². The van der Waals surface area contributed by atoms with Crippen molar-refractivity contribution in [1.29, 1.82) is 0 Å². The smallest absolute Gasteiger partial charge is 0.227 e. The number of hydrogen-bond donors (Lipinski definition) is 1. The van der Waals surface area contributed by atoms with Gasteiger partial charge in [-0.3, -0.25) is 9.59 Å². The van der Waals surface area contributed by atoms with E-state index in [-0.39, 0.29) is 30.2 Å². The molecule has 0 radical (unpaired) electrons. The first kappa shape index (κ1) is 18.1. The van der Waals surface area contributed by atoms with Crippen molar-refractivity contribution in [3.63, 3.8) is 0 Å². The van der Waals surface area contributed by atoms with Crippen LogP contribution in [0.15, 0.2) is 18.2 Å². The van der Waals surface area contributed by atoms with Crippen molar-refractivity contribution in [3.05, 3.63) is 18.2 Å². The zero-order valence-corrected chi connectivity index (χ0v) is 14.8. The second-order valence-electron chi connectivity index (χ2n) is 6.14. The van der Waals surface area contributed by atoms with Gasteiger partial charge in [0.05, 0.1) is 25.8 Å². The highest BCUT2D eigenvalue weighted by molar-refractivity contribution is 6.01. The summed E-state index contributed by atoms with van der Waals surface area (Å²) < 4.78 is 10.5. The number of nitrogens with one attached hydrogen (secondary N) is 1. The van der Waals surface area contributed by atoms with Crippen molar-refractivity contribution in [2.45, 2.75) is 39.2 Å². The quantitative estimate of drug-likeness (QED) is 0.831. The molecular formula is C18H26N2O4. The monoisotopic (exact) mass is 334 g/mol. The number of amides is 2. The van der Waals surface area contributed by atoms with Gasteiger partial charge in [0, 0.05) is 25.1 Å². The Morgan fingerprint density at radius 1 is 1.38 bits per heavy atom. The zero-order valence-electron chi connectivity index (χ0n) is 14.8. The van der Waals surface area contributed by atoms with Crippen LogP contribution in [0.4, 0.5) is 5.69 Å². The Kier molecular flexibility index (Phi) is 6.06. The van der Waals surface area contributed by atoms with Gasteiger partial charge in [-0.1, -0.05) is 13.3 Å². The molecule has 1 aromatic carbocycles. The number of nitrogens with zero attached hydrogens (tertiary/aromatic N) is 1. The lowest BCUT2D eigenvalue weighted by atomic mass is 10.1. The van der Waals surface area contributed by atoms with Crippen LogP contribution in [-0.4, -0.2) is 38.6 Å². The predicted molar refractivity (Wildman–Crippen MR) is 92.5 cm³/mol. The molecule has 1 aromatic rings. The molecule has 0 aliphatic carbocycles. The molecule has 6 nitrogen and oxygen atoms in total. The molecule has 6 heteroatoms. The number of anilines is 1. The molecule has 1 heterocycles. The molecule has 24 heavy (non-hydrogen) atoms. The van der Waals surface area contributed by atoms with Crippen molar-refractivity contribution in [2.75, 3.05) is 25.7 Å². The molecule has 0 spiro atoms. The largest absolute Gasteiger partial charge is 0.497 e. The molecule has 1 aliphatic heterocycles. The van der Waals surface area contributed by atoms with Crippen LogP contribution in [0.5, 0.6) is 11.5 Å². The molecule has 2 atom stereocenters.